The lowest BCUT2D eigenvalue weighted by molar-refractivity contribution is -0.152. The lowest BCUT2D eigenvalue weighted by Gasteiger charge is -2.24. The van der Waals surface area contributed by atoms with Gasteiger partial charge in [-0.25, -0.2) is 0 Å². The van der Waals surface area contributed by atoms with E-state index in [-0.39, 0.29) is 6.42 Å². The molecule has 1 heterocycles. The molecular weight excluding hydrogens is 328 g/mol. The minimum absolute atomic E-state index is 0.176. The molecule has 0 saturated carbocycles. The Balaban J connectivity index is 1.80. The first kappa shape index (κ1) is 16.1. The minimum Gasteiger partial charge on any atom is -0.425 e. The molecular formula is C22H16O4. The lowest BCUT2D eigenvalue weighted by atomic mass is 9.76. The van der Waals surface area contributed by atoms with E-state index < -0.39 is 17.4 Å². The van der Waals surface area contributed by atoms with Crippen LogP contribution in [-0.4, -0.2) is 11.9 Å². The molecule has 3 aromatic rings. The highest BCUT2D eigenvalue weighted by Crippen LogP contribution is 2.43. The average molecular weight is 344 g/mol. The van der Waals surface area contributed by atoms with E-state index in [0.29, 0.717) is 17.1 Å². The summed E-state index contributed by atoms with van der Waals surface area (Å²) < 4.78 is 11.0. The van der Waals surface area contributed by atoms with Gasteiger partial charge in [0.2, 0.25) is 0 Å². The standard InChI is InChI=1S/C22H16O4/c23-20(25-17-11-5-2-6-12-17)22(15-16-9-3-1-4-10-16)18-13-7-8-14-19(18)26-21(22)24/h1-14H,15H2/t22-/m0/s1. The molecule has 0 saturated heterocycles. The maximum atomic E-state index is 13.2. The Morgan fingerprint density at radius 1 is 0.846 bits per heavy atom. The number of hydrogen-bond donors (Lipinski definition) is 0. The highest BCUT2D eigenvalue weighted by molar-refractivity contribution is 6.11. The summed E-state index contributed by atoms with van der Waals surface area (Å²) in [4.78, 5) is 26.1. The summed E-state index contributed by atoms with van der Waals surface area (Å²) in [5.41, 5.74) is -0.130. The van der Waals surface area contributed by atoms with E-state index in [2.05, 4.69) is 0 Å². The Bertz CT molecular complexity index is 950. The van der Waals surface area contributed by atoms with Crippen LogP contribution in [0.25, 0.3) is 0 Å². The molecule has 4 nitrogen and oxygen atoms in total. The number of para-hydroxylation sites is 2. The van der Waals surface area contributed by atoms with Crippen LogP contribution < -0.4 is 9.47 Å². The first-order chi connectivity index (χ1) is 12.7. The van der Waals surface area contributed by atoms with Gasteiger partial charge in [-0.15, -0.1) is 0 Å². The molecule has 0 spiro atoms. The van der Waals surface area contributed by atoms with Gasteiger partial charge >= 0.3 is 11.9 Å². The van der Waals surface area contributed by atoms with Crippen molar-refractivity contribution in [3.05, 3.63) is 96.1 Å². The van der Waals surface area contributed by atoms with Crippen molar-refractivity contribution in [3.8, 4) is 11.5 Å². The molecule has 0 radical (unpaired) electrons. The number of carbonyl (C=O) groups is 2. The van der Waals surface area contributed by atoms with Crippen LogP contribution in [0.5, 0.6) is 11.5 Å². The molecule has 1 aliphatic rings. The first-order valence-corrected chi connectivity index (χ1v) is 8.33. The molecule has 3 aromatic carbocycles. The van der Waals surface area contributed by atoms with Crippen molar-refractivity contribution in [1.82, 2.24) is 0 Å². The van der Waals surface area contributed by atoms with E-state index in [1.807, 2.05) is 36.4 Å². The maximum Gasteiger partial charge on any atom is 0.333 e. The molecule has 4 heteroatoms. The van der Waals surface area contributed by atoms with Gasteiger partial charge in [0.15, 0.2) is 5.41 Å². The fraction of sp³-hybridized carbons (Fsp3) is 0.0909. The van der Waals surface area contributed by atoms with E-state index in [9.17, 15) is 9.59 Å². The number of fused-ring (bicyclic) bond motifs is 1. The molecule has 1 aliphatic heterocycles. The Labute approximate surface area is 151 Å². The van der Waals surface area contributed by atoms with Crippen molar-refractivity contribution < 1.29 is 19.1 Å². The molecule has 0 bridgehead atoms. The van der Waals surface area contributed by atoms with Crippen molar-refractivity contribution in [3.63, 3.8) is 0 Å². The molecule has 0 N–H and O–H groups in total. The molecule has 1 atom stereocenters. The predicted molar refractivity (Wildman–Crippen MR) is 96.0 cm³/mol. The van der Waals surface area contributed by atoms with E-state index in [0.717, 1.165) is 5.56 Å². The monoisotopic (exact) mass is 344 g/mol. The maximum absolute atomic E-state index is 13.2. The number of rotatable bonds is 4. The number of ether oxygens (including phenoxy) is 2. The van der Waals surface area contributed by atoms with Gasteiger partial charge in [-0.1, -0.05) is 66.7 Å². The zero-order chi connectivity index (χ0) is 18.0. The van der Waals surface area contributed by atoms with Crippen LogP contribution in [0, 0.1) is 0 Å². The summed E-state index contributed by atoms with van der Waals surface area (Å²) in [5.74, 6) is -0.452. The molecule has 128 valence electrons. The Morgan fingerprint density at radius 3 is 2.19 bits per heavy atom. The Kier molecular flexibility index (Phi) is 4.01. The molecule has 0 fully saturated rings. The van der Waals surface area contributed by atoms with Gasteiger partial charge < -0.3 is 9.47 Å². The van der Waals surface area contributed by atoms with Crippen LogP contribution in [0.2, 0.25) is 0 Å². The van der Waals surface area contributed by atoms with Crippen molar-refractivity contribution >= 4 is 11.9 Å². The fourth-order valence-corrected chi connectivity index (χ4v) is 3.22. The third kappa shape index (κ3) is 2.65. The second-order valence-electron chi connectivity index (χ2n) is 6.16. The molecule has 26 heavy (non-hydrogen) atoms. The summed E-state index contributed by atoms with van der Waals surface area (Å²) >= 11 is 0. The number of esters is 2. The second-order valence-corrected chi connectivity index (χ2v) is 6.16. The summed E-state index contributed by atoms with van der Waals surface area (Å²) in [6.07, 6.45) is 0.176. The molecule has 0 unspecified atom stereocenters. The van der Waals surface area contributed by atoms with Crippen LogP contribution in [0.3, 0.4) is 0 Å². The lowest BCUT2D eigenvalue weighted by Crippen LogP contribution is -2.46. The number of carbonyl (C=O) groups excluding carboxylic acids is 2. The second kappa shape index (κ2) is 6.48. The largest absolute Gasteiger partial charge is 0.425 e. The molecule has 0 amide bonds. The zero-order valence-electron chi connectivity index (χ0n) is 13.9. The summed E-state index contributed by atoms with van der Waals surface area (Å²) in [6.45, 7) is 0. The topological polar surface area (TPSA) is 52.6 Å². The van der Waals surface area contributed by atoms with E-state index in [4.69, 9.17) is 9.47 Å². The van der Waals surface area contributed by atoms with Crippen LogP contribution >= 0.6 is 0 Å². The van der Waals surface area contributed by atoms with Gasteiger partial charge in [0.1, 0.15) is 11.5 Å². The van der Waals surface area contributed by atoms with Gasteiger partial charge in [-0.3, -0.25) is 9.59 Å². The third-order valence-corrected chi connectivity index (χ3v) is 4.51. The third-order valence-electron chi connectivity index (χ3n) is 4.51. The van der Waals surface area contributed by atoms with Crippen LogP contribution in [0.1, 0.15) is 11.1 Å². The normalized spacial score (nSPS) is 18.1. The zero-order valence-corrected chi connectivity index (χ0v) is 13.9. The predicted octanol–water partition coefficient (Wildman–Crippen LogP) is 3.69. The molecule has 4 rings (SSSR count). The van der Waals surface area contributed by atoms with E-state index >= 15 is 0 Å². The molecule has 0 aromatic heterocycles. The Morgan fingerprint density at radius 2 is 1.46 bits per heavy atom. The van der Waals surface area contributed by atoms with Gasteiger partial charge in [0, 0.05) is 12.0 Å². The number of benzene rings is 3. The van der Waals surface area contributed by atoms with Gasteiger partial charge in [0.25, 0.3) is 0 Å². The van der Waals surface area contributed by atoms with E-state index in [1.165, 1.54) is 0 Å². The summed E-state index contributed by atoms with van der Waals surface area (Å²) in [6, 6.07) is 25.1. The molecule has 0 aliphatic carbocycles. The fourth-order valence-electron chi connectivity index (χ4n) is 3.22. The van der Waals surface area contributed by atoms with E-state index in [1.54, 1.807) is 48.5 Å². The van der Waals surface area contributed by atoms with Gasteiger partial charge in [-0.2, -0.15) is 0 Å². The summed E-state index contributed by atoms with van der Waals surface area (Å²) in [5, 5.41) is 0. The highest BCUT2D eigenvalue weighted by atomic mass is 16.6. The first-order valence-electron chi connectivity index (χ1n) is 8.33. The van der Waals surface area contributed by atoms with Crippen molar-refractivity contribution in [2.75, 3.05) is 0 Å². The minimum atomic E-state index is -1.52. The van der Waals surface area contributed by atoms with Crippen LogP contribution in [0.4, 0.5) is 0 Å². The quantitative estimate of drug-likeness (QED) is 0.411. The number of hydrogen-bond acceptors (Lipinski definition) is 4. The van der Waals surface area contributed by atoms with Gasteiger partial charge in [0.05, 0.1) is 0 Å². The van der Waals surface area contributed by atoms with Crippen molar-refractivity contribution in [2.45, 2.75) is 11.8 Å². The van der Waals surface area contributed by atoms with Crippen LogP contribution in [-0.2, 0) is 21.4 Å². The van der Waals surface area contributed by atoms with Crippen LogP contribution in [0.15, 0.2) is 84.9 Å². The van der Waals surface area contributed by atoms with Crippen molar-refractivity contribution in [1.29, 1.82) is 0 Å². The summed E-state index contributed by atoms with van der Waals surface area (Å²) in [7, 11) is 0. The Hall–Kier alpha value is -3.40. The SMILES string of the molecule is O=C(Oc1ccccc1)[C@@]1(Cc2ccccc2)C(=O)Oc2ccccc21. The van der Waals surface area contributed by atoms with Gasteiger partial charge in [-0.05, 0) is 23.8 Å². The van der Waals surface area contributed by atoms with Crippen molar-refractivity contribution in [2.24, 2.45) is 0 Å². The smallest absolute Gasteiger partial charge is 0.333 e. The highest BCUT2D eigenvalue weighted by Gasteiger charge is 2.56. The average Bonchev–Trinajstić information content (AvgIpc) is 2.96.